The Hall–Kier alpha value is -0.940. The molecule has 1 saturated heterocycles. The van der Waals surface area contributed by atoms with Gasteiger partial charge in [0.25, 0.3) is 5.89 Å². The first-order valence-corrected chi connectivity index (χ1v) is 7.99. The van der Waals surface area contributed by atoms with Gasteiger partial charge >= 0.3 is 0 Å². The average Bonchev–Trinajstić information content (AvgIpc) is 3.16. The second kappa shape index (κ2) is 6.22. The van der Waals surface area contributed by atoms with Gasteiger partial charge in [-0.15, -0.1) is 0 Å². The van der Waals surface area contributed by atoms with Crippen LogP contribution in [-0.4, -0.2) is 22.8 Å². The Balaban J connectivity index is 1.60. The fourth-order valence-electron chi connectivity index (χ4n) is 3.43. The molecule has 0 amide bonds. The van der Waals surface area contributed by atoms with E-state index in [-0.39, 0.29) is 12.2 Å². The minimum Gasteiger partial charge on any atom is -0.364 e. The number of hydrogen-bond acceptors (Lipinski definition) is 5. The molecule has 2 N–H and O–H groups in total. The molecule has 2 atom stereocenters. The molecule has 112 valence electrons. The van der Waals surface area contributed by atoms with Gasteiger partial charge in [-0.25, -0.2) is 0 Å². The summed E-state index contributed by atoms with van der Waals surface area (Å²) in [5, 5.41) is 4.19. The van der Waals surface area contributed by atoms with Crippen LogP contribution in [0.5, 0.6) is 0 Å². The lowest BCUT2D eigenvalue weighted by Crippen LogP contribution is -2.18. The molecule has 20 heavy (non-hydrogen) atoms. The van der Waals surface area contributed by atoms with Crippen LogP contribution in [0.25, 0.3) is 0 Å². The lowest BCUT2D eigenvalue weighted by atomic mass is 9.80. The Morgan fingerprint density at radius 1 is 1.15 bits per heavy atom. The maximum atomic E-state index is 5.81. The third-order valence-corrected chi connectivity index (χ3v) is 4.89. The Morgan fingerprint density at radius 3 is 2.60 bits per heavy atom. The molecule has 0 aromatic carbocycles. The second-order valence-electron chi connectivity index (χ2n) is 6.18. The van der Waals surface area contributed by atoms with E-state index in [0.717, 1.165) is 24.6 Å². The van der Waals surface area contributed by atoms with Crippen molar-refractivity contribution in [1.82, 2.24) is 10.1 Å². The predicted molar refractivity (Wildman–Crippen MR) is 75.2 cm³/mol. The van der Waals surface area contributed by atoms with E-state index in [1.807, 2.05) is 0 Å². The summed E-state index contributed by atoms with van der Waals surface area (Å²) in [4.78, 5) is 4.59. The van der Waals surface area contributed by atoms with Gasteiger partial charge in [0.2, 0.25) is 0 Å². The maximum Gasteiger partial charge on any atom is 0.255 e. The van der Waals surface area contributed by atoms with E-state index >= 15 is 0 Å². The summed E-state index contributed by atoms with van der Waals surface area (Å²) < 4.78 is 11.2. The van der Waals surface area contributed by atoms with Crippen LogP contribution in [0.1, 0.15) is 75.6 Å². The van der Waals surface area contributed by atoms with Crippen LogP contribution in [-0.2, 0) is 4.74 Å². The molecule has 1 aromatic rings. The van der Waals surface area contributed by atoms with E-state index in [2.05, 4.69) is 17.1 Å². The molecule has 0 bridgehead atoms. The molecule has 2 fully saturated rings. The van der Waals surface area contributed by atoms with Gasteiger partial charge in [0, 0.05) is 12.5 Å². The molecule has 1 aliphatic carbocycles. The topological polar surface area (TPSA) is 74.2 Å². The summed E-state index contributed by atoms with van der Waals surface area (Å²) in [7, 11) is 0. The molecule has 2 aliphatic rings. The summed E-state index contributed by atoms with van der Waals surface area (Å²) in [6.45, 7) is 2.85. The monoisotopic (exact) mass is 279 g/mol. The van der Waals surface area contributed by atoms with E-state index in [0.29, 0.717) is 18.4 Å². The number of rotatable bonds is 4. The lowest BCUT2D eigenvalue weighted by molar-refractivity contribution is 0.0307. The van der Waals surface area contributed by atoms with Crippen molar-refractivity contribution in [2.45, 2.75) is 70.0 Å². The highest BCUT2D eigenvalue weighted by Gasteiger charge is 2.31. The van der Waals surface area contributed by atoms with Crippen LogP contribution in [0, 0.1) is 5.92 Å². The molecule has 3 rings (SSSR count). The maximum absolute atomic E-state index is 5.81. The highest BCUT2D eigenvalue weighted by Crippen LogP contribution is 2.37. The number of hydrogen-bond donors (Lipinski definition) is 1. The molecule has 0 spiro atoms. The fourth-order valence-corrected chi connectivity index (χ4v) is 3.43. The normalized spacial score (nSPS) is 34.5. The van der Waals surface area contributed by atoms with Crippen LogP contribution >= 0.6 is 0 Å². The SMILES string of the molecule is CCC1CCC(c2noc(C3CCC(CN)O3)n2)CC1. The van der Waals surface area contributed by atoms with Crippen molar-refractivity contribution < 1.29 is 9.26 Å². The van der Waals surface area contributed by atoms with Gasteiger partial charge in [0.15, 0.2) is 5.82 Å². The first-order chi connectivity index (χ1) is 9.80. The van der Waals surface area contributed by atoms with Gasteiger partial charge in [-0.3, -0.25) is 0 Å². The van der Waals surface area contributed by atoms with Crippen molar-refractivity contribution in [3.05, 3.63) is 11.7 Å². The number of nitrogens with zero attached hydrogens (tertiary/aromatic N) is 2. The highest BCUT2D eigenvalue weighted by molar-refractivity contribution is 5.00. The Morgan fingerprint density at radius 2 is 1.95 bits per heavy atom. The van der Waals surface area contributed by atoms with Crippen LogP contribution in [0.2, 0.25) is 0 Å². The molecular formula is C15H25N3O2. The zero-order valence-electron chi connectivity index (χ0n) is 12.3. The predicted octanol–water partition coefficient (Wildman–Crippen LogP) is 2.93. The second-order valence-corrected chi connectivity index (χ2v) is 6.18. The molecule has 1 aliphatic heterocycles. The molecule has 0 radical (unpaired) electrons. The van der Waals surface area contributed by atoms with Gasteiger partial charge in [-0.1, -0.05) is 18.5 Å². The van der Waals surface area contributed by atoms with Gasteiger partial charge in [-0.05, 0) is 44.4 Å². The smallest absolute Gasteiger partial charge is 0.255 e. The Bertz CT molecular complexity index is 427. The largest absolute Gasteiger partial charge is 0.364 e. The van der Waals surface area contributed by atoms with Crippen LogP contribution < -0.4 is 5.73 Å². The van der Waals surface area contributed by atoms with Gasteiger partial charge in [-0.2, -0.15) is 4.98 Å². The van der Waals surface area contributed by atoms with Gasteiger partial charge in [0.1, 0.15) is 6.10 Å². The molecule has 2 unspecified atom stereocenters. The standard InChI is InChI=1S/C15H25N3O2/c1-2-10-3-5-11(6-4-10)14-17-15(20-18-14)13-8-7-12(9-16)19-13/h10-13H,2-9,16H2,1H3. The van der Waals surface area contributed by atoms with E-state index < -0.39 is 0 Å². The average molecular weight is 279 g/mol. The zero-order valence-corrected chi connectivity index (χ0v) is 12.3. The summed E-state index contributed by atoms with van der Waals surface area (Å²) in [6, 6.07) is 0. The van der Waals surface area contributed by atoms with Crippen molar-refractivity contribution in [1.29, 1.82) is 0 Å². The molecule has 1 aromatic heterocycles. The molecular weight excluding hydrogens is 254 g/mol. The molecule has 2 heterocycles. The summed E-state index contributed by atoms with van der Waals surface area (Å²) in [5.74, 6) is 2.89. The molecule has 1 saturated carbocycles. The summed E-state index contributed by atoms with van der Waals surface area (Å²) >= 11 is 0. The van der Waals surface area contributed by atoms with Crippen molar-refractivity contribution in [3.8, 4) is 0 Å². The third kappa shape index (κ3) is 2.88. The first kappa shape index (κ1) is 14.0. The third-order valence-electron chi connectivity index (χ3n) is 4.89. The van der Waals surface area contributed by atoms with E-state index in [1.54, 1.807) is 0 Å². The number of ether oxygens (including phenoxy) is 1. The van der Waals surface area contributed by atoms with E-state index in [4.69, 9.17) is 15.0 Å². The molecule has 5 nitrogen and oxygen atoms in total. The highest BCUT2D eigenvalue weighted by atomic mass is 16.5. The van der Waals surface area contributed by atoms with E-state index in [1.165, 1.54) is 32.1 Å². The minimum atomic E-state index is -0.0446. The Labute approximate surface area is 120 Å². The van der Waals surface area contributed by atoms with Crippen molar-refractivity contribution in [3.63, 3.8) is 0 Å². The minimum absolute atomic E-state index is 0.0446. The van der Waals surface area contributed by atoms with Crippen molar-refractivity contribution in [2.75, 3.05) is 6.54 Å². The van der Waals surface area contributed by atoms with Gasteiger partial charge < -0.3 is 15.0 Å². The summed E-state index contributed by atoms with van der Waals surface area (Å²) in [5.41, 5.74) is 5.63. The fraction of sp³-hybridized carbons (Fsp3) is 0.867. The quantitative estimate of drug-likeness (QED) is 0.917. The lowest BCUT2D eigenvalue weighted by Gasteiger charge is -2.25. The van der Waals surface area contributed by atoms with Crippen LogP contribution in [0.4, 0.5) is 0 Å². The Kier molecular flexibility index (Phi) is 4.36. The molecule has 5 heteroatoms. The first-order valence-electron chi connectivity index (χ1n) is 7.99. The van der Waals surface area contributed by atoms with Crippen LogP contribution in [0.3, 0.4) is 0 Å². The zero-order chi connectivity index (χ0) is 13.9. The summed E-state index contributed by atoms with van der Waals surface area (Å²) in [6.07, 6.45) is 8.28. The van der Waals surface area contributed by atoms with Crippen molar-refractivity contribution in [2.24, 2.45) is 11.7 Å². The van der Waals surface area contributed by atoms with Gasteiger partial charge in [0.05, 0.1) is 6.10 Å². The number of nitrogens with two attached hydrogens (primary N) is 1. The van der Waals surface area contributed by atoms with Crippen LogP contribution in [0.15, 0.2) is 4.52 Å². The van der Waals surface area contributed by atoms with Crippen molar-refractivity contribution >= 4 is 0 Å². The van der Waals surface area contributed by atoms with E-state index in [9.17, 15) is 0 Å². The number of aromatic nitrogens is 2.